The smallest absolute Gasteiger partial charge is 0.154 e. The third-order valence-electron chi connectivity index (χ3n) is 3.41. The molecule has 0 bridgehead atoms. The molecule has 3 N–H and O–H groups in total. The maximum Gasteiger partial charge on any atom is 0.154 e. The van der Waals surface area contributed by atoms with Crippen molar-refractivity contribution in [1.29, 1.82) is 0 Å². The van der Waals surface area contributed by atoms with E-state index in [4.69, 9.17) is 5.73 Å². The van der Waals surface area contributed by atoms with Gasteiger partial charge in [-0.1, -0.05) is 0 Å². The summed E-state index contributed by atoms with van der Waals surface area (Å²) in [5.41, 5.74) is 7.81. The molecule has 1 unspecified atom stereocenters. The summed E-state index contributed by atoms with van der Waals surface area (Å²) in [6.45, 7) is 0.648. The molecule has 0 saturated heterocycles. The lowest BCUT2D eigenvalue weighted by atomic mass is 10.2. The molecule has 0 spiro atoms. The van der Waals surface area contributed by atoms with E-state index < -0.39 is 0 Å². The van der Waals surface area contributed by atoms with Gasteiger partial charge in [0.2, 0.25) is 0 Å². The molecule has 17 heavy (non-hydrogen) atoms. The molecule has 5 heteroatoms. The number of imidazole rings is 1. The van der Waals surface area contributed by atoms with Crippen LogP contribution in [0.3, 0.4) is 0 Å². The molecule has 2 aromatic heterocycles. The number of hydrogen-bond acceptors (Lipinski definition) is 4. The van der Waals surface area contributed by atoms with Crippen LogP contribution < -0.4 is 11.1 Å². The van der Waals surface area contributed by atoms with Gasteiger partial charge in [-0.25, -0.2) is 9.97 Å². The lowest BCUT2D eigenvalue weighted by molar-refractivity contribution is 0.643. The Morgan fingerprint density at radius 3 is 3.06 bits per heavy atom. The quantitative estimate of drug-likeness (QED) is 0.827. The van der Waals surface area contributed by atoms with Gasteiger partial charge in [0.15, 0.2) is 5.82 Å². The molecule has 3 rings (SSSR count). The zero-order valence-electron chi connectivity index (χ0n) is 9.93. The highest BCUT2D eigenvalue weighted by Crippen LogP contribution is 2.34. The van der Waals surface area contributed by atoms with Gasteiger partial charge in [0, 0.05) is 25.8 Å². The number of hydrogen-bond donors (Lipinski definition) is 2. The molecule has 1 atom stereocenters. The average molecular weight is 231 g/mol. The van der Waals surface area contributed by atoms with Crippen molar-refractivity contribution < 1.29 is 0 Å². The second-order valence-electron chi connectivity index (χ2n) is 4.71. The van der Waals surface area contributed by atoms with E-state index in [1.807, 2.05) is 30.2 Å². The van der Waals surface area contributed by atoms with Crippen LogP contribution >= 0.6 is 0 Å². The van der Waals surface area contributed by atoms with E-state index in [1.54, 1.807) is 0 Å². The molecule has 0 aliphatic heterocycles. The SMILES string of the molecule is Cn1cnc2c(NC(CN)C3CC3)nccc21. The Kier molecular flexibility index (Phi) is 2.48. The van der Waals surface area contributed by atoms with Crippen LogP contribution in [0.25, 0.3) is 11.0 Å². The fourth-order valence-corrected chi connectivity index (χ4v) is 2.21. The van der Waals surface area contributed by atoms with Crippen LogP contribution in [0.15, 0.2) is 18.6 Å². The fourth-order valence-electron chi connectivity index (χ4n) is 2.21. The number of aryl methyl sites for hydroxylation is 1. The summed E-state index contributed by atoms with van der Waals surface area (Å²) in [5.74, 6) is 1.56. The maximum atomic E-state index is 5.79. The number of aromatic nitrogens is 3. The summed E-state index contributed by atoms with van der Waals surface area (Å²) in [4.78, 5) is 8.76. The average Bonchev–Trinajstić information content (AvgIpc) is 3.12. The van der Waals surface area contributed by atoms with Crippen molar-refractivity contribution in [1.82, 2.24) is 14.5 Å². The molecule has 1 saturated carbocycles. The molecule has 1 fully saturated rings. The van der Waals surface area contributed by atoms with Crippen molar-refractivity contribution in [2.75, 3.05) is 11.9 Å². The van der Waals surface area contributed by atoms with E-state index in [2.05, 4.69) is 15.3 Å². The van der Waals surface area contributed by atoms with Crippen molar-refractivity contribution in [2.45, 2.75) is 18.9 Å². The summed E-state index contributed by atoms with van der Waals surface area (Å²) >= 11 is 0. The van der Waals surface area contributed by atoms with E-state index in [0.29, 0.717) is 18.5 Å². The van der Waals surface area contributed by atoms with E-state index in [1.165, 1.54) is 12.8 Å². The number of nitrogens with one attached hydrogen (secondary N) is 1. The van der Waals surface area contributed by atoms with Crippen molar-refractivity contribution in [3.8, 4) is 0 Å². The Labute approximate surface area is 100 Å². The summed E-state index contributed by atoms with van der Waals surface area (Å²) in [7, 11) is 1.99. The predicted octanol–water partition coefficient (Wildman–Crippen LogP) is 1.12. The highest BCUT2D eigenvalue weighted by atomic mass is 15.1. The molecule has 0 amide bonds. The summed E-state index contributed by atoms with van der Waals surface area (Å²) in [6, 6.07) is 2.30. The molecular weight excluding hydrogens is 214 g/mol. The Morgan fingerprint density at radius 1 is 1.53 bits per heavy atom. The Hall–Kier alpha value is -1.62. The first-order valence-corrected chi connectivity index (χ1v) is 6.02. The Morgan fingerprint density at radius 2 is 2.35 bits per heavy atom. The number of nitrogens with two attached hydrogens (primary N) is 1. The van der Waals surface area contributed by atoms with Gasteiger partial charge >= 0.3 is 0 Å². The monoisotopic (exact) mass is 231 g/mol. The van der Waals surface area contributed by atoms with E-state index in [9.17, 15) is 0 Å². The topological polar surface area (TPSA) is 68.8 Å². The summed E-state index contributed by atoms with van der Waals surface area (Å²) in [6.07, 6.45) is 6.17. The van der Waals surface area contributed by atoms with Gasteiger partial charge in [-0.3, -0.25) is 0 Å². The second kappa shape index (κ2) is 4.00. The molecule has 90 valence electrons. The molecule has 5 nitrogen and oxygen atoms in total. The molecule has 0 aromatic carbocycles. The van der Waals surface area contributed by atoms with Gasteiger partial charge in [-0.05, 0) is 24.8 Å². The van der Waals surface area contributed by atoms with Crippen molar-refractivity contribution >= 4 is 16.9 Å². The highest BCUT2D eigenvalue weighted by molar-refractivity contribution is 5.85. The zero-order valence-corrected chi connectivity index (χ0v) is 9.93. The molecular formula is C12H17N5. The molecule has 1 aliphatic carbocycles. The third kappa shape index (κ3) is 1.86. The summed E-state index contributed by atoms with van der Waals surface area (Å²) < 4.78 is 2.00. The van der Waals surface area contributed by atoms with E-state index >= 15 is 0 Å². The standard InChI is InChI=1S/C12H17N5/c1-17-7-15-11-10(17)4-5-14-12(11)16-9(6-13)8-2-3-8/h4-5,7-9H,2-3,6,13H2,1H3,(H,14,16). The van der Waals surface area contributed by atoms with Crippen molar-refractivity contribution in [3.63, 3.8) is 0 Å². The van der Waals surface area contributed by atoms with Crippen LogP contribution in [0.2, 0.25) is 0 Å². The van der Waals surface area contributed by atoms with E-state index in [-0.39, 0.29) is 0 Å². The van der Waals surface area contributed by atoms with Crippen LogP contribution in [-0.4, -0.2) is 27.1 Å². The number of rotatable bonds is 4. The molecule has 2 aromatic rings. The minimum Gasteiger partial charge on any atom is -0.364 e. The van der Waals surface area contributed by atoms with Crippen molar-refractivity contribution in [2.24, 2.45) is 18.7 Å². The summed E-state index contributed by atoms with van der Waals surface area (Å²) in [5, 5.41) is 3.44. The molecule has 2 heterocycles. The third-order valence-corrected chi connectivity index (χ3v) is 3.41. The number of pyridine rings is 1. The van der Waals surface area contributed by atoms with Crippen LogP contribution in [-0.2, 0) is 7.05 Å². The largest absolute Gasteiger partial charge is 0.364 e. The lowest BCUT2D eigenvalue weighted by Gasteiger charge is -2.16. The van der Waals surface area contributed by atoms with E-state index in [0.717, 1.165) is 16.9 Å². The minimum absolute atomic E-state index is 0.329. The first kappa shape index (κ1) is 10.5. The number of fused-ring (bicyclic) bond motifs is 1. The first-order chi connectivity index (χ1) is 8.29. The van der Waals surface area contributed by atoms with Gasteiger partial charge in [0.1, 0.15) is 5.52 Å². The molecule has 1 aliphatic rings. The fraction of sp³-hybridized carbons (Fsp3) is 0.500. The van der Waals surface area contributed by atoms with Gasteiger partial charge in [-0.2, -0.15) is 0 Å². The molecule has 0 radical (unpaired) electrons. The number of nitrogens with zero attached hydrogens (tertiary/aromatic N) is 3. The lowest BCUT2D eigenvalue weighted by Crippen LogP contribution is -2.31. The van der Waals surface area contributed by atoms with Gasteiger partial charge in [0.25, 0.3) is 0 Å². The van der Waals surface area contributed by atoms with Crippen LogP contribution in [0.4, 0.5) is 5.82 Å². The van der Waals surface area contributed by atoms with Gasteiger partial charge in [-0.15, -0.1) is 0 Å². The number of anilines is 1. The van der Waals surface area contributed by atoms with Crippen LogP contribution in [0, 0.1) is 5.92 Å². The van der Waals surface area contributed by atoms with Gasteiger partial charge < -0.3 is 15.6 Å². The van der Waals surface area contributed by atoms with Crippen molar-refractivity contribution in [3.05, 3.63) is 18.6 Å². The first-order valence-electron chi connectivity index (χ1n) is 6.02. The highest BCUT2D eigenvalue weighted by Gasteiger charge is 2.30. The predicted molar refractivity (Wildman–Crippen MR) is 67.7 cm³/mol. The minimum atomic E-state index is 0.329. The van der Waals surface area contributed by atoms with Crippen LogP contribution in [0.1, 0.15) is 12.8 Å². The Balaban J connectivity index is 1.93. The second-order valence-corrected chi connectivity index (χ2v) is 4.71. The normalized spacial score (nSPS) is 17.3. The zero-order chi connectivity index (χ0) is 11.8. The van der Waals surface area contributed by atoms with Gasteiger partial charge in [0.05, 0.1) is 11.8 Å². The Bertz CT molecular complexity index is 529. The van der Waals surface area contributed by atoms with Crippen LogP contribution in [0.5, 0.6) is 0 Å². The maximum absolute atomic E-state index is 5.79.